The normalized spacial score (nSPS) is 21.3. The van der Waals surface area contributed by atoms with E-state index in [2.05, 4.69) is 10.1 Å². The van der Waals surface area contributed by atoms with Crippen LogP contribution in [0.4, 0.5) is 4.79 Å². The summed E-state index contributed by atoms with van der Waals surface area (Å²) in [4.78, 5) is 33.0. The van der Waals surface area contributed by atoms with Crippen LogP contribution in [-0.4, -0.2) is 42.1 Å². The summed E-state index contributed by atoms with van der Waals surface area (Å²) >= 11 is 0. The number of carbonyl (C=O) groups is 3. The zero-order chi connectivity index (χ0) is 12.1. The van der Waals surface area contributed by atoms with Gasteiger partial charge in [-0.15, -0.1) is 0 Å². The van der Waals surface area contributed by atoms with E-state index in [0.717, 1.165) is 0 Å². The minimum atomic E-state index is -1.14. The zero-order valence-electron chi connectivity index (χ0n) is 8.64. The molecule has 1 aliphatic heterocycles. The molecule has 1 fully saturated rings. The van der Waals surface area contributed by atoms with Crippen LogP contribution in [0, 0.1) is 5.92 Å². The summed E-state index contributed by atoms with van der Waals surface area (Å²) in [7, 11) is 0. The summed E-state index contributed by atoms with van der Waals surface area (Å²) in [5.74, 6) is -1.21. The van der Waals surface area contributed by atoms with Crippen LogP contribution in [-0.2, 0) is 14.3 Å². The van der Waals surface area contributed by atoms with Gasteiger partial charge in [0.05, 0.1) is 0 Å². The molecule has 2 amide bonds. The van der Waals surface area contributed by atoms with Crippen molar-refractivity contribution in [3.05, 3.63) is 0 Å². The predicted molar refractivity (Wildman–Crippen MR) is 52.3 cm³/mol. The average molecular weight is 230 g/mol. The van der Waals surface area contributed by atoms with Crippen LogP contribution >= 0.6 is 0 Å². The lowest BCUT2D eigenvalue weighted by molar-refractivity contribution is -0.132. The minimum Gasteiger partial charge on any atom is -0.438 e. The maximum Gasteiger partial charge on any atom is 0.405 e. The van der Waals surface area contributed by atoms with Gasteiger partial charge in [-0.2, -0.15) is 0 Å². The number of aliphatic hydroxyl groups is 1. The molecular weight excluding hydrogens is 216 g/mol. The molecule has 16 heavy (non-hydrogen) atoms. The molecule has 7 heteroatoms. The first-order chi connectivity index (χ1) is 7.54. The van der Waals surface area contributed by atoms with E-state index in [1.165, 1.54) is 0 Å². The van der Waals surface area contributed by atoms with Crippen molar-refractivity contribution in [3.8, 4) is 0 Å². The fraction of sp³-hybridized carbons (Fsp3) is 0.667. The van der Waals surface area contributed by atoms with Crippen molar-refractivity contribution in [3.63, 3.8) is 0 Å². The Bertz CT molecular complexity index is 304. The molecule has 90 valence electrons. The van der Waals surface area contributed by atoms with E-state index in [1.807, 2.05) is 0 Å². The molecule has 1 heterocycles. The molecule has 7 nitrogen and oxygen atoms in total. The number of amides is 2. The van der Waals surface area contributed by atoms with E-state index in [9.17, 15) is 14.4 Å². The monoisotopic (exact) mass is 230 g/mol. The van der Waals surface area contributed by atoms with Crippen molar-refractivity contribution in [2.45, 2.75) is 18.9 Å². The van der Waals surface area contributed by atoms with Gasteiger partial charge in [0.15, 0.2) is 11.9 Å². The second kappa shape index (κ2) is 5.45. The average Bonchev–Trinajstić information content (AvgIpc) is 2.61. The Morgan fingerprint density at radius 2 is 2.31 bits per heavy atom. The molecule has 4 N–H and O–H groups in total. The molecule has 2 atom stereocenters. The standard InChI is InChI=1S/C9H14N2O5/c10-9(15)16-7(6(13)4-12)3-5-1-2-11-8(5)14/h5,7,12H,1-4H2,(H2,10,15)(H,11,14)/t5-,7?/m0/s1. The van der Waals surface area contributed by atoms with Crippen LogP contribution in [0.3, 0.4) is 0 Å². The van der Waals surface area contributed by atoms with Gasteiger partial charge < -0.3 is 20.9 Å². The highest BCUT2D eigenvalue weighted by molar-refractivity contribution is 5.87. The van der Waals surface area contributed by atoms with Crippen LogP contribution in [0.15, 0.2) is 0 Å². The predicted octanol–water partition coefficient (Wildman–Crippen LogP) is -1.46. The topological polar surface area (TPSA) is 119 Å². The number of hydrogen-bond donors (Lipinski definition) is 3. The van der Waals surface area contributed by atoms with Crippen molar-refractivity contribution >= 4 is 17.8 Å². The number of rotatable bonds is 5. The Morgan fingerprint density at radius 1 is 1.62 bits per heavy atom. The highest BCUT2D eigenvalue weighted by Crippen LogP contribution is 2.18. The molecule has 1 aliphatic rings. The summed E-state index contributed by atoms with van der Waals surface area (Å²) in [6.45, 7) is -0.202. The van der Waals surface area contributed by atoms with E-state index < -0.39 is 24.6 Å². The van der Waals surface area contributed by atoms with Crippen LogP contribution < -0.4 is 11.1 Å². The van der Waals surface area contributed by atoms with Gasteiger partial charge in [-0.05, 0) is 6.42 Å². The fourth-order valence-corrected chi connectivity index (χ4v) is 1.62. The van der Waals surface area contributed by atoms with Crippen molar-refractivity contribution in [1.82, 2.24) is 5.32 Å². The minimum absolute atomic E-state index is 0.0637. The van der Waals surface area contributed by atoms with E-state index in [-0.39, 0.29) is 18.2 Å². The Hall–Kier alpha value is -1.63. The largest absolute Gasteiger partial charge is 0.438 e. The number of ether oxygens (including phenoxy) is 1. The van der Waals surface area contributed by atoms with Gasteiger partial charge in [-0.25, -0.2) is 4.79 Å². The Balaban J connectivity index is 2.58. The molecular formula is C9H14N2O5. The summed E-state index contributed by atoms with van der Waals surface area (Å²) < 4.78 is 4.56. The highest BCUT2D eigenvalue weighted by atomic mass is 16.6. The molecule has 1 rings (SSSR count). The quantitative estimate of drug-likeness (QED) is 0.533. The van der Waals surface area contributed by atoms with Crippen LogP contribution in [0.2, 0.25) is 0 Å². The number of nitrogens with two attached hydrogens (primary N) is 1. The lowest BCUT2D eigenvalue weighted by Crippen LogP contribution is -2.35. The van der Waals surface area contributed by atoms with Crippen LogP contribution in [0.1, 0.15) is 12.8 Å². The van der Waals surface area contributed by atoms with Crippen molar-refractivity contribution < 1.29 is 24.2 Å². The molecule has 0 aromatic heterocycles. The lowest BCUT2D eigenvalue weighted by atomic mass is 9.98. The smallest absolute Gasteiger partial charge is 0.405 e. The molecule has 0 spiro atoms. The van der Waals surface area contributed by atoms with Crippen LogP contribution in [0.25, 0.3) is 0 Å². The summed E-state index contributed by atoms with van der Waals surface area (Å²) in [5, 5.41) is 11.3. The molecule has 0 bridgehead atoms. The molecule has 1 saturated heterocycles. The van der Waals surface area contributed by atoms with E-state index >= 15 is 0 Å². The van der Waals surface area contributed by atoms with Crippen molar-refractivity contribution in [2.75, 3.05) is 13.2 Å². The number of ketones is 1. The third-order valence-corrected chi connectivity index (χ3v) is 2.43. The first kappa shape index (κ1) is 12.4. The second-order valence-electron chi connectivity index (χ2n) is 3.56. The molecule has 0 radical (unpaired) electrons. The number of carbonyl (C=O) groups excluding carboxylic acids is 3. The Kier molecular flexibility index (Phi) is 4.24. The van der Waals surface area contributed by atoms with E-state index in [4.69, 9.17) is 10.8 Å². The molecule has 1 unspecified atom stereocenters. The number of hydrogen-bond acceptors (Lipinski definition) is 5. The SMILES string of the molecule is NC(=O)OC(C[C@@H]1CCNC1=O)C(=O)CO. The second-order valence-corrected chi connectivity index (χ2v) is 3.56. The first-order valence-electron chi connectivity index (χ1n) is 4.92. The summed E-state index contributed by atoms with van der Waals surface area (Å²) in [6.07, 6.45) is -1.59. The van der Waals surface area contributed by atoms with Crippen molar-refractivity contribution in [2.24, 2.45) is 11.7 Å². The van der Waals surface area contributed by atoms with E-state index in [1.54, 1.807) is 0 Å². The first-order valence-corrected chi connectivity index (χ1v) is 4.92. The molecule has 0 aliphatic carbocycles. The maximum atomic E-state index is 11.2. The molecule has 0 aromatic carbocycles. The lowest BCUT2D eigenvalue weighted by Gasteiger charge is -2.16. The van der Waals surface area contributed by atoms with Crippen LogP contribution in [0.5, 0.6) is 0 Å². The molecule has 0 saturated carbocycles. The number of Topliss-reactive ketones (excluding diaryl/α,β-unsaturated/α-hetero) is 1. The Morgan fingerprint density at radius 3 is 2.75 bits per heavy atom. The number of nitrogens with one attached hydrogen (secondary N) is 1. The van der Waals surface area contributed by atoms with Gasteiger partial charge in [0.25, 0.3) is 0 Å². The van der Waals surface area contributed by atoms with Gasteiger partial charge in [0.2, 0.25) is 5.91 Å². The van der Waals surface area contributed by atoms with Gasteiger partial charge in [0.1, 0.15) is 6.61 Å². The summed E-state index contributed by atoms with van der Waals surface area (Å²) in [6, 6.07) is 0. The van der Waals surface area contributed by atoms with Gasteiger partial charge in [-0.3, -0.25) is 9.59 Å². The van der Waals surface area contributed by atoms with Gasteiger partial charge >= 0.3 is 6.09 Å². The summed E-state index contributed by atoms with van der Waals surface area (Å²) in [5.41, 5.74) is 4.80. The number of aliphatic hydroxyl groups excluding tert-OH is 1. The van der Waals surface area contributed by atoms with Crippen molar-refractivity contribution in [1.29, 1.82) is 0 Å². The van der Waals surface area contributed by atoms with Gasteiger partial charge in [-0.1, -0.05) is 0 Å². The fourth-order valence-electron chi connectivity index (χ4n) is 1.62. The van der Waals surface area contributed by atoms with Gasteiger partial charge in [0, 0.05) is 18.9 Å². The maximum absolute atomic E-state index is 11.2. The third kappa shape index (κ3) is 3.20. The zero-order valence-corrected chi connectivity index (χ0v) is 8.64. The molecule has 0 aromatic rings. The van der Waals surface area contributed by atoms with E-state index in [0.29, 0.717) is 13.0 Å². The Labute approximate surface area is 91.9 Å². The third-order valence-electron chi connectivity index (χ3n) is 2.43. The highest BCUT2D eigenvalue weighted by Gasteiger charge is 2.31. The number of primary amides is 1.